The molecule has 2 N–H and O–H groups in total. The monoisotopic (exact) mass is 260 g/mol. The van der Waals surface area contributed by atoms with E-state index in [0.717, 1.165) is 0 Å². The van der Waals surface area contributed by atoms with E-state index >= 15 is 0 Å². The van der Waals surface area contributed by atoms with Gasteiger partial charge in [0.05, 0.1) is 23.1 Å². The van der Waals surface area contributed by atoms with Crippen molar-refractivity contribution in [3.8, 4) is 16.9 Å². The van der Waals surface area contributed by atoms with Gasteiger partial charge < -0.3 is 5.73 Å². The summed E-state index contributed by atoms with van der Waals surface area (Å²) in [6.45, 7) is 0. The number of para-hydroxylation sites is 1. The molecule has 6 heteroatoms. The Balaban J connectivity index is 2.08. The third-order valence-corrected chi connectivity index (χ3v) is 3.18. The zero-order chi connectivity index (χ0) is 12.5. The van der Waals surface area contributed by atoms with Gasteiger partial charge in [-0.05, 0) is 12.1 Å². The summed E-state index contributed by atoms with van der Waals surface area (Å²) in [6, 6.07) is 9.10. The van der Waals surface area contributed by atoms with E-state index in [2.05, 4.69) is 10.1 Å². The first kappa shape index (κ1) is 10.9. The molecule has 1 aromatic carbocycles. The summed E-state index contributed by atoms with van der Waals surface area (Å²) in [5.74, 6) is -0.438. The molecule has 0 amide bonds. The van der Waals surface area contributed by atoms with Crippen LogP contribution >= 0.6 is 11.3 Å². The predicted molar refractivity (Wildman–Crippen MR) is 69.0 cm³/mol. The highest BCUT2D eigenvalue weighted by Gasteiger charge is 2.15. The van der Waals surface area contributed by atoms with Crippen LogP contribution in [-0.2, 0) is 0 Å². The van der Waals surface area contributed by atoms with E-state index in [1.807, 2.05) is 18.2 Å². The summed E-state index contributed by atoms with van der Waals surface area (Å²) < 4.78 is 15.5. The van der Waals surface area contributed by atoms with Gasteiger partial charge in [-0.3, -0.25) is 0 Å². The molecular weight excluding hydrogens is 251 g/mol. The van der Waals surface area contributed by atoms with Crippen LogP contribution in [0.3, 0.4) is 0 Å². The second-order valence-corrected chi connectivity index (χ2v) is 4.56. The molecule has 0 saturated heterocycles. The number of nitrogens with zero attached hydrogens (tertiary/aromatic N) is 3. The Morgan fingerprint density at radius 1 is 1.22 bits per heavy atom. The van der Waals surface area contributed by atoms with Crippen molar-refractivity contribution >= 4 is 16.5 Å². The lowest BCUT2D eigenvalue weighted by Gasteiger charge is -2.01. The average molecular weight is 260 g/mol. The van der Waals surface area contributed by atoms with Crippen molar-refractivity contribution in [3.63, 3.8) is 0 Å². The number of hydrogen-bond donors (Lipinski definition) is 1. The molecule has 4 nitrogen and oxygen atoms in total. The summed E-state index contributed by atoms with van der Waals surface area (Å²) in [5.41, 5.74) is 7.08. The molecule has 0 atom stereocenters. The van der Waals surface area contributed by atoms with Gasteiger partial charge in [-0.15, -0.1) is 11.3 Å². The molecule has 90 valence electrons. The van der Waals surface area contributed by atoms with Gasteiger partial charge in [-0.25, -0.2) is 9.67 Å². The number of thiazole rings is 1. The molecule has 2 aromatic heterocycles. The maximum atomic E-state index is 14.2. The number of nitrogen functional groups attached to an aromatic ring is 1. The van der Waals surface area contributed by atoms with Gasteiger partial charge in [0.15, 0.2) is 5.13 Å². The van der Waals surface area contributed by atoms with Crippen LogP contribution in [0.2, 0.25) is 0 Å². The molecule has 0 fully saturated rings. The van der Waals surface area contributed by atoms with Crippen LogP contribution in [0.4, 0.5) is 9.52 Å². The third-order valence-electron chi connectivity index (χ3n) is 2.51. The molecule has 3 aromatic rings. The summed E-state index contributed by atoms with van der Waals surface area (Å²) in [4.78, 5) is 4.05. The number of hydrogen-bond acceptors (Lipinski definition) is 4. The van der Waals surface area contributed by atoms with Gasteiger partial charge in [-0.1, -0.05) is 18.2 Å². The van der Waals surface area contributed by atoms with Crippen LogP contribution in [0, 0.1) is 5.95 Å². The van der Waals surface area contributed by atoms with E-state index in [0.29, 0.717) is 22.1 Å². The van der Waals surface area contributed by atoms with Crippen LogP contribution in [0.15, 0.2) is 41.9 Å². The van der Waals surface area contributed by atoms with Crippen LogP contribution in [0.5, 0.6) is 0 Å². The van der Waals surface area contributed by atoms with Crippen molar-refractivity contribution in [1.29, 1.82) is 0 Å². The third kappa shape index (κ3) is 1.76. The van der Waals surface area contributed by atoms with E-state index in [-0.39, 0.29) is 0 Å². The van der Waals surface area contributed by atoms with Crippen molar-refractivity contribution in [3.05, 3.63) is 47.9 Å². The van der Waals surface area contributed by atoms with Crippen molar-refractivity contribution in [2.45, 2.75) is 0 Å². The molecule has 18 heavy (non-hydrogen) atoms. The number of aromatic nitrogens is 3. The second-order valence-electron chi connectivity index (χ2n) is 3.67. The average Bonchev–Trinajstić information content (AvgIpc) is 2.97. The molecule has 0 unspecified atom stereocenters. The molecule has 3 rings (SSSR count). The topological polar surface area (TPSA) is 56.7 Å². The van der Waals surface area contributed by atoms with Gasteiger partial charge in [0.25, 0.3) is 0 Å². The number of nitrogens with two attached hydrogens (primary N) is 1. The van der Waals surface area contributed by atoms with E-state index in [1.54, 1.807) is 17.5 Å². The zero-order valence-corrected chi connectivity index (χ0v) is 10.1. The molecular formula is C12H9FN4S. The molecule has 0 aliphatic carbocycles. The van der Waals surface area contributed by atoms with Crippen LogP contribution in [-0.4, -0.2) is 14.8 Å². The zero-order valence-electron chi connectivity index (χ0n) is 9.25. The second kappa shape index (κ2) is 4.23. The van der Waals surface area contributed by atoms with E-state index < -0.39 is 5.95 Å². The smallest absolute Gasteiger partial charge is 0.225 e. The summed E-state index contributed by atoms with van der Waals surface area (Å²) in [6.07, 6.45) is 1.46. The van der Waals surface area contributed by atoms with Crippen LogP contribution in [0.25, 0.3) is 16.9 Å². The molecule has 0 aliphatic rings. The Bertz CT molecular complexity index is 674. The van der Waals surface area contributed by atoms with Gasteiger partial charge in [0.2, 0.25) is 5.95 Å². The number of benzene rings is 1. The summed E-state index contributed by atoms with van der Waals surface area (Å²) in [5, 5.41) is 6.16. The van der Waals surface area contributed by atoms with Gasteiger partial charge in [0.1, 0.15) is 0 Å². The Morgan fingerprint density at radius 2 is 2.00 bits per heavy atom. The highest BCUT2D eigenvalue weighted by molar-refractivity contribution is 7.13. The molecule has 2 heterocycles. The molecule has 0 radical (unpaired) electrons. The lowest BCUT2D eigenvalue weighted by Crippen LogP contribution is -1.99. The van der Waals surface area contributed by atoms with Crippen molar-refractivity contribution in [1.82, 2.24) is 14.8 Å². The Labute approximate surface area is 107 Å². The van der Waals surface area contributed by atoms with Gasteiger partial charge in [-0.2, -0.15) is 9.49 Å². The maximum absolute atomic E-state index is 14.2. The van der Waals surface area contributed by atoms with E-state index in [1.165, 1.54) is 22.2 Å². The highest BCUT2D eigenvalue weighted by atomic mass is 32.1. The van der Waals surface area contributed by atoms with Gasteiger partial charge >= 0.3 is 0 Å². The molecule has 0 bridgehead atoms. The summed E-state index contributed by atoms with van der Waals surface area (Å²) >= 11 is 1.28. The van der Waals surface area contributed by atoms with Crippen molar-refractivity contribution in [2.75, 3.05) is 5.73 Å². The maximum Gasteiger partial charge on any atom is 0.225 e. The Hall–Kier alpha value is -2.21. The molecule has 0 saturated carbocycles. The Morgan fingerprint density at radius 3 is 2.67 bits per heavy atom. The highest BCUT2D eigenvalue weighted by Crippen LogP contribution is 2.26. The van der Waals surface area contributed by atoms with E-state index in [9.17, 15) is 4.39 Å². The number of rotatable bonds is 2. The summed E-state index contributed by atoms with van der Waals surface area (Å²) in [7, 11) is 0. The SMILES string of the molecule is Nc1nc(-c2cnn(-c3ccccc3)c2F)cs1. The first-order chi connectivity index (χ1) is 8.75. The lowest BCUT2D eigenvalue weighted by molar-refractivity contribution is 0.539. The lowest BCUT2D eigenvalue weighted by atomic mass is 10.3. The fourth-order valence-electron chi connectivity index (χ4n) is 1.67. The van der Waals surface area contributed by atoms with Crippen molar-refractivity contribution in [2.24, 2.45) is 0 Å². The van der Waals surface area contributed by atoms with Crippen LogP contribution < -0.4 is 5.73 Å². The largest absolute Gasteiger partial charge is 0.375 e. The minimum atomic E-state index is -0.438. The van der Waals surface area contributed by atoms with E-state index in [4.69, 9.17) is 5.73 Å². The standard InChI is InChI=1S/C12H9FN4S/c13-11-9(10-7-18-12(14)16-10)6-15-17(11)8-4-2-1-3-5-8/h1-7H,(H2,14,16). The fraction of sp³-hybridized carbons (Fsp3) is 0. The minimum absolute atomic E-state index is 0.354. The van der Waals surface area contributed by atoms with Crippen molar-refractivity contribution < 1.29 is 4.39 Å². The Kier molecular flexibility index (Phi) is 2.56. The van der Waals surface area contributed by atoms with Crippen LogP contribution in [0.1, 0.15) is 0 Å². The number of halogens is 1. The molecule has 0 aliphatic heterocycles. The predicted octanol–water partition coefficient (Wildman–Crippen LogP) is 2.72. The molecule has 0 spiro atoms. The first-order valence-electron chi connectivity index (χ1n) is 5.26. The first-order valence-corrected chi connectivity index (χ1v) is 6.14. The number of anilines is 1. The minimum Gasteiger partial charge on any atom is -0.375 e. The normalized spacial score (nSPS) is 10.7. The van der Waals surface area contributed by atoms with Gasteiger partial charge in [0, 0.05) is 5.38 Å². The quantitative estimate of drug-likeness (QED) is 0.770. The fourth-order valence-corrected chi connectivity index (χ4v) is 2.23.